The smallest absolute Gasteiger partial charge is 0.225 e. The van der Waals surface area contributed by atoms with Crippen LogP contribution in [0, 0.1) is 24.7 Å². The average molecular weight is 345 g/mol. The minimum atomic E-state index is 0.267. The van der Waals surface area contributed by atoms with Gasteiger partial charge in [0.15, 0.2) is 0 Å². The summed E-state index contributed by atoms with van der Waals surface area (Å²) < 4.78 is 2.03. The summed E-state index contributed by atoms with van der Waals surface area (Å²) in [5, 5.41) is 4.36. The molecule has 2 aliphatic heterocycles. The minimum Gasteiger partial charge on any atom is -0.342 e. The molecule has 1 aromatic heterocycles. The highest BCUT2D eigenvalue weighted by atomic mass is 16.2. The van der Waals surface area contributed by atoms with Gasteiger partial charge in [0.25, 0.3) is 0 Å². The summed E-state index contributed by atoms with van der Waals surface area (Å²) in [4.78, 5) is 17.6. The van der Waals surface area contributed by atoms with E-state index in [9.17, 15) is 4.79 Å². The van der Waals surface area contributed by atoms with Crippen LogP contribution in [0.5, 0.6) is 0 Å². The molecule has 0 radical (unpaired) electrons. The lowest BCUT2D eigenvalue weighted by Gasteiger charge is -2.33. The number of carbonyl (C=O) groups excluding carboxylic acids is 1. The normalized spacial score (nSPS) is 28.3. The van der Waals surface area contributed by atoms with Crippen molar-refractivity contribution in [1.82, 2.24) is 19.6 Å². The quantitative estimate of drug-likeness (QED) is 0.843. The molecule has 2 unspecified atom stereocenters. The van der Waals surface area contributed by atoms with E-state index < -0.39 is 0 Å². The Morgan fingerprint density at radius 2 is 1.76 bits per heavy atom. The van der Waals surface area contributed by atoms with Crippen LogP contribution in [-0.4, -0.2) is 58.2 Å². The van der Waals surface area contributed by atoms with Crippen LogP contribution in [0.1, 0.15) is 44.1 Å². The molecule has 25 heavy (non-hydrogen) atoms. The van der Waals surface area contributed by atoms with E-state index in [0.717, 1.165) is 63.9 Å². The highest BCUT2D eigenvalue weighted by Crippen LogP contribution is 2.37. The lowest BCUT2D eigenvalue weighted by Crippen LogP contribution is -2.42. The Kier molecular flexibility index (Phi) is 5.11. The van der Waals surface area contributed by atoms with Crippen molar-refractivity contribution in [2.45, 2.75) is 52.0 Å². The minimum absolute atomic E-state index is 0.267. The van der Waals surface area contributed by atoms with Crippen LogP contribution in [0.4, 0.5) is 0 Å². The molecule has 138 valence electrons. The van der Waals surface area contributed by atoms with E-state index in [1.54, 1.807) is 0 Å². The molecule has 0 N–H and O–H groups in total. The van der Waals surface area contributed by atoms with E-state index in [1.807, 2.05) is 10.9 Å². The summed E-state index contributed by atoms with van der Waals surface area (Å²) in [5.74, 6) is 2.32. The highest BCUT2D eigenvalue weighted by molar-refractivity contribution is 5.79. The number of fused-ring (bicyclic) bond motifs is 1. The van der Waals surface area contributed by atoms with Gasteiger partial charge in [-0.05, 0) is 63.1 Å². The zero-order valence-electron chi connectivity index (χ0n) is 15.6. The lowest BCUT2D eigenvalue weighted by atomic mass is 9.82. The SMILES string of the molecule is Cc1cnn(CCN2CCC(C(=O)N3CC4CCCCC4C3)CC2)c1. The molecule has 1 amide bonds. The molecular weight excluding hydrogens is 312 g/mol. The number of carbonyl (C=O) groups is 1. The second-order valence-electron chi connectivity index (χ2n) is 8.44. The first-order valence-corrected chi connectivity index (χ1v) is 10.2. The predicted octanol–water partition coefficient (Wildman–Crippen LogP) is 2.55. The van der Waals surface area contributed by atoms with Crippen molar-refractivity contribution in [1.29, 1.82) is 0 Å². The van der Waals surface area contributed by atoms with Gasteiger partial charge >= 0.3 is 0 Å². The summed E-state index contributed by atoms with van der Waals surface area (Å²) in [5.41, 5.74) is 1.22. The van der Waals surface area contributed by atoms with Crippen molar-refractivity contribution < 1.29 is 4.79 Å². The molecule has 1 aliphatic carbocycles. The van der Waals surface area contributed by atoms with Gasteiger partial charge in [0.2, 0.25) is 5.91 Å². The van der Waals surface area contributed by atoms with Crippen LogP contribution >= 0.6 is 0 Å². The van der Waals surface area contributed by atoms with Gasteiger partial charge in [0.05, 0.1) is 12.7 Å². The summed E-state index contributed by atoms with van der Waals surface area (Å²) >= 11 is 0. The largest absolute Gasteiger partial charge is 0.342 e. The van der Waals surface area contributed by atoms with E-state index >= 15 is 0 Å². The molecule has 2 atom stereocenters. The zero-order valence-corrected chi connectivity index (χ0v) is 15.6. The Bertz CT molecular complexity index is 576. The van der Waals surface area contributed by atoms with Crippen molar-refractivity contribution >= 4 is 5.91 Å². The Hall–Kier alpha value is -1.36. The van der Waals surface area contributed by atoms with Gasteiger partial charge in [-0.3, -0.25) is 9.48 Å². The van der Waals surface area contributed by atoms with Crippen LogP contribution in [0.2, 0.25) is 0 Å². The number of aryl methyl sites for hydroxylation is 1. The van der Waals surface area contributed by atoms with Gasteiger partial charge in [-0.1, -0.05) is 12.8 Å². The fourth-order valence-corrected chi connectivity index (χ4v) is 5.08. The van der Waals surface area contributed by atoms with Gasteiger partial charge in [-0.25, -0.2) is 0 Å². The van der Waals surface area contributed by atoms with Crippen LogP contribution < -0.4 is 0 Å². The Balaban J connectivity index is 1.22. The monoisotopic (exact) mass is 344 g/mol. The molecule has 2 saturated heterocycles. The van der Waals surface area contributed by atoms with Crippen LogP contribution in [-0.2, 0) is 11.3 Å². The van der Waals surface area contributed by atoms with Crippen LogP contribution in [0.15, 0.2) is 12.4 Å². The second kappa shape index (κ2) is 7.48. The first-order chi connectivity index (χ1) is 12.2. The molecule has 4 rings (SSSR count). The van der Waals surface area contributed by atoms with Crippen molar-refractivity contribution in [3.63, 3.8) is 0 Å². The van der Waals surface area contributed by atoms with Crippen molar-refractivity contribution in [2.75, 3.05) is 32.7 Å². The van der Waals surface area contributed by atoms with E-state index in [-0.39, 0.29) is 5.92 Å². The van der Waals surface area contributed by atoms with E-state index in [4.69, 9.17) is 0 Å². The lowest BCUT2D eigenvalue weighted by molar-refractivity contribution is -0.136. The third kappa shape index (κ3) is 3.91. The predicted molar refractivity (Wildman–Crippen MR) is 98.2 cm³/mol. The number of amides is 1. The number of hydrogen-bond acceptors (Lipinski definition) is 3. The summed E-state index contributed by atoms with van der Waals surface area (Å²) in [7, 11) is 0. The number of nitrogens with zero attached hydrogens (tertiary/aromatic N) is 4. The topological polar surface area (TPSA) is 41.4 Å². The van der Waals surface area contributed by atoms with Crippen molar-refractivity contribution in [3.8, 4) is 0 Å². The van der Waals surface area contributed by atoms with Gasteiger partial charge in [0, 0.05) is 31.7 Å². The summed E-state index contributed by atoms with van der Waals surface area (Å²) in [6.45, 7) is 8.26. The molecule has 1 saturated carbocycles. The van der Waals surface area contributed by atoms with E-state index in [0.29, 0.717) is 5.91 Å². The van der Waals surface area contributed by atoms with Crippen LogP contribution in [0.25, 0.3) is 0 Å². The molecule has 0 bridgehead atoms. The molecule has 5 nitrogen and oxygen atoms in total. The molecule has 0 aromatic carbocycles. The number of rotatable bonds is 4. The summed E-state index contributed by atoms with van der Waals surface area (Å²) in [6, 6.07) is 0. The van der Waals surface area contributed by atoms with Gasteiger partial charge < -0.3 is 9.80 Å². The molecule has 1 aromatic rings. The van der Waals surface area contributed by atoms with Crippen LogP contribution in [0.3, 0.4) is 0 Å². The summed E-state index contributed by atoms with van der Waals surface area (Å²) in [6.07, 6.45) is 11.5. The number of hydrogen-bond donors (Lipinski definition) is 0. The first kappa shape index (κ1) is 17.1. The molecule has 0 spiro atoms. The van der Waals surface area contributed by atoms with E-state index in [1.165, 1.54) is 31.2 Å². The fraction of sp³-hybridized carbons (Fsp3) is 0.800. The molecule has 3 heterocycles. The molecule has 5 heteroatoms. The number of piperidine rings is 1. The third-order valence-corrected chi connectivity index (χ3v) is 6.63. The third-order valence-electron chi connectivity index (χ3n) is 6.63. The Labute approximate surface area is 151 Å². The van der Waals surface area contributed by atoms with Gasteiger partial charge in [-0.2, -0.15) is 5.10 Å². The second-order valence-corrected chi connectivity index (χ2v) is 8.44. The number of likely N-dealkylation sites (tertiary alicyclic amines) is 2. The van der Waals surface area contributed by atoms with Crippen molar-refractivity contribution in [2.24, 2.45) is 17.8 Å². The fourth-order valence-electron chi connectivity index (χ4n) is 5.08. The van der Waals surface area contributed by atoms with Crippen molar-refractivity contribution in [3.05, 3.63) is 18.0 Å². The number of aromatic nitrogens is 2. The van der Waals surface area contributed by atoms with E-state index in [2.05, 4.69) is 28.0 Å². The Morgan fingerprint density at radius 1 is 1.08 bits per heavy atom. The van der Waals surface area contributed by atoms with Gasteiger partial charge in [-0.15, -0.1) is 0 Å². The zero-order chi connectivity index (χ0) is 17.2. The van der Waals surface area contributed by atoms with Gasteiger partial charge in [0.1, 0.15) is 0 Å². The highest BCUT2D eigenvalue weighted by Gasteiger charge is 2.38. The first-order valence-electron chi connectivity index (χ1n) is 10.2. The standard InChI is InChI=1S/C20H32N4O/c1-16-12-21-24(13-16)11-10-22-8-6-17(7-9-22)20(25)23-14-18-4-2-3-5-19(18)15-23/h12-13,17-19H,2-11,14-15H2,1H3. The maximum absolute atomic E-state index is 12.9. The maximum atomic E-state index is 12.9. The average Bonchev–Trinajstić information content (AvgIpc) is 3.25. The molecule has 3 fully saturated rings. The maximum Gasteiger partial charge on any atom is 0.225 e. The molecule has 3 aliphatic rings. The Morgan fingerprint density at radius 3 is 2.36 bits per heavy atom. The molecular formula is C20H32N4O.